The summed E-state index contributed by atoms with van der Waals surface area (Å²) in [6.07, 6.45) is 0.729. The van der Waals surface area contributed by atoms with Gasteiger partial charge >= 0.3 is 0 Å². The van der Waals surface area contributed by atoms with Crippen molar-refractivity contribution in [3.05, 3.63) is 54.6 Å². The van der Waals surface area contributed by atoms with Crippen LogP contribution in [-0.2, 0) is 19.4 Å². The number of rotatable bonds is 8. The molecular weight excluding hydrogens is 434 g/mol. The maximum Gasteiger partial charge on any atom is 0.244 e. The highest BCUT2D eigenvalue weighted by Crippen LogP contribution is 2.29. The summed E-state index contributed by atoms with van der Waals surface area (Å²) in [6, 6.07) is 15.8. The number of hydrogen-bond donors (Lipinski definition) is 0. The van der Waals surface area contributed by atoms with Crippen LogP contribution in [0.5, 0.6) is 0 Å². The van der Waals surface area contributed by atoms with E-state index in [1.807, 2.05) is 24.3 Å². The van der Waals surface area contributed by atoms with Crippen molar-refractivity contribution in [1.82, 2.24) is 9.88 Å². The Kier molecular flexibility index (Phi) is 6.96. The maximum absolute atomic E-state index is 13.2. The lowest BCUT2D eigenvalue weighted by Gasteiger charge is -2.27. The molecule has 1 aliphatic heterocycles. The van der Waals surface area contributed by atoms with Crippen LogP contribution in [0.3, 0.4) is 0 Å². The predicted octanol–water partition coefficient (Wildman–Crippen LogP) is 2.83. The van der Waals surface area contributed by atoms with E-state index in [-0.39, 0.29) is 4.90 Å². The molecule has 9 heteroatoms. The van der Waals surface area contributed by atoms with Crippen molar-refractivity contribution in [2.45, 2.75) is 11.3 Å². The summed E-state index contributed by atoms with van der Waals surface area (Å²) < 4.78 is 31.9. The number of nitrogens with zero attached hydrogens (tertiary/aromatic N) is 3. The third-order valence-corrected chi connectivity index (χ3v) is 7.87. The second-order valence-electron chi connectivity index (χ2n) is 7.39. The first kappa shape index (κ1) is 21.9. The number of fused-ring (bicyclic) bond motifs is 1. The number of benzene rings is 2. The second-order valence-corrected chi connectivity index (χ2v) is 10.4. The summed E-state index contributed by atoms with van der Waals surface area (Å²) in [4.78, 5) is 21.8. The van der Waals surface area contributed by atoms with Gasteiger partial charge in [0.25, 0.3) is 0 Å². The Hall–Kier alpha value is -2.33. The molecule has 0 aliphatic carbocycles. The normalized spacial score (nSPS) is 15.2. The Morgan fingerprint density at radius 2 is 1.77 bits per heavy atom. The van der Waals surface area contributed by atoms with Gasteiger partial charge in [-0.05, 0) is 30.7 Å². The van der Waals surface area contributed by atoms with Crippen LogP contribution in [0.25, 0.3) is 10.2 Å². The molecular formula is C22H25N3O4S2. The highest BCUT2D eigenvalue weighted by Gasteiger charge is 2.26. The first-order valence-electron chi connectivity index (χ1n) is 10.3. The Balaban J connectivity index is 1.52. The van der Waals surface area contributed by atoms with Crippen LogP contribution >= 0.6 is 11.3 Å². The number of carbonyl (C=O) groups excluding carboxylic acids is 1. The van der Waals surface area contributed by atoms with E-state index >= 15 is 0 Å². The Bertz CT molecular complexity index is 1090. The molecule has 164 valence electrons. The van der Waals surface area contributed by atoms with Crippen LogP contribution in [0, 0.1) is 0 Å². The fraction of sp³-hybridized carbons (Fsp3) is 0.364. The third-order valence-electron chi connectivity index (χ3n) is 5.19. The molecule has 0 unspecified atom stereocenters. The minimum absolute atomic E-state index is 0.154. The number of thiazole rings is 1. The SMILES string of the molecule is O=C(CS(=O)(=O)c1ccccc1)N(CCCN1CCOCC1)c1nc2ccccc2s1. The average molecular weight is 460 g/mol. The number of para-hydroxylation sites is 1. The zero-order valence-corrected chi connectivity index (χ0v) is 18.8. The van der Waals surface area contributed by atoms with Gasteiger partial charge in [-0.3, -0.25) is 14.6 Å². The quantitative estimate of drug-likeness (QED) is 0.515. The summed E-state index contributed by atoms with van der Waals surface area (Å²) in [7, 11) is -3.73. The van der Waals surface area contributed by atoms with Crippen LogP contribution in [0.2, 0.25) is 0 Å². The molecule has 0 saturated carbocycles. The highest BCUT2D eigenvalue weighted by atomic mass is 32.2. The van der Waals surface area contributed by atoms with E-state index in [2.05, 4.69) is 9.88 Å². The zero-order valence-electron chi connectivity index (χ0n) is 17.1. The molecule has 1 saturated heterocycles. The third kappa shape index (κ3) is 5.48. The largest absolute Gasteiger partial charge is 0.379 e. The Morgan fingerprint density at radius 3 is 2.52 bits per heavy atom. The minimum Gasteiger partial charge on any atom is -0.379 e. The van der Waals surface area contributed by atoms with E-state index in [1.165, 1.54) is 28.4 Å². The Morgan fingerprint density at radius 1 is 1.06 bits per heavy atom. The van der Waals surface area contributed by atoms with Crippen molar-refractivity contribution in [3.8, 4) is 0 Å². The van der Waals surface area contributed by atoms with Gasteiger partial charge in [0.2, 0.25) is 5.91 Å². The number of morpholine rings is 1. The number of sulfone groups is 1. The van der Waals surface area contributed by atoms with Crippen LogP contribution in [0.1, 0.15) is 6.42 Å². The van der Waals surface area contributed by atoms with Crippen molar-refractivity contribution >= 4 is 42.4 Å². The molecule has 1 amide bonds. The summed E-state index contributed by atoms with van der Waals surface area (Å²) >= 11 is 1.41. The van der Waals surface area contributed by atoms with E-state index < -0.39 is 21.5 Å². The van der Waals surface area contributed by atoms with Crippen LogP contribution < -0.4 is 4.90 Å². The van der Waals surface area contributed by atoms with Gasteiger partial charge < -0.3 is 4.74 Å². The lowest BCUT2D eigenvalue weighted by Crippen LogP contribution is -2.40. The number of ether oxygens (including phenoxy) is 1. The fourth-order valence-electron chi connectivity index (χ4n) is 3.53. The van der Waals surface area contributed by atoms with Crippen LogP contribution in [0.15, 0.2) is 59.5 Å². The molecule has 2 heterocycles. The standard InChI is InChI=1S/C22H25N3O4S2/c26-21(17-31(27,28)18-7-2-1-3-8-18)25(12-6-11-24-13-15-29-16-14-24)22-23-19-9-4-5-10-20(19)30-22/h1-5,7-10H,6,11-17H2. The van der Waals surface area contributed by atoms with E-state index in [4.69, 9.17) is 4.74 Å². The molecule has 1 aliphatic rings. The molecule has 0 spiro atoms. The first-order valence-corrected chi connectivity index (χ1v) is 12.7. The van der Waals surface area contributed by atoms with E-state index in [0.717, 1.165) is 49.5 Å². The topological polar surface area (TPSA) is 79.8 Å². The summed E-state index contributed by atoms with van der Waals surface area (Å²) in [6.45, 7) is 4.42. The summed E-state index contributed by atoms with van der Waals surface area (Å²) in [5.74, 6) is -1.03. The van der Waals surface area contributed by atoms with Crippen molar-refractivity contribution < 1.29 is 17.9 Å². The van der Waals surface area contributed by atoms with Gasteiger partial charge in [0.1, 0.15) is 5.75 Å². The molecule has 1 aromatic heterocycles. The van der Waals surface area contributed by atoms with Crippen LogP contribution in [0.4, 0.5) is 5.13 Å². The lowest BCUT2D eigenvalue weighted by molar-refractivity contribution is -0.116. The predicted molar refractivity (Wildman–Crippen MR) is 122 cm³/mol. The van der Waals surface area contributed by atoms with E-state index in [9.17, 15) is 13.2 Å². The molecule has 7 nitrogen and oxygen atoms in total. The molecule has 0 bridgehead atoms. The van der Waals surface area contributed by atoms with Gasteiger partial charge in [-0.1, -0.05) is 41.7 Å². The monoisotopic (exact) mass is 459 g/mol. The second kappa shape index (κ2) is 9.86. The van der Waals surface area contributed by atoms with Gasteiger partial charge in [-0.15, -0.1) is 0 Å². The first-order chi connectivity index (χ1) is 15.0. The van der Waals surface area contributed by atoms with Crippen molar-refractivity contribution in [2.24, 2.45) is 0 Å². The van der Waals surface area contributed by atoms with Crippen molar-refractivity contribution in [2.75, 3.05) is 50.0 Å². The number of anilines is 1. The molecule has 2 aromatic carbocycles. The average Bonchev–Trinajstić information content (AvgIpc) is 3.21. The maximum atomic E-state index is 13.2. The summed E-state index contributed by atoms with van der Waals surface area (Å²) in [5, 5.41) is 0.538. The molecule has 0 atom stereocenters. The van der Waals surface area contributed by atoms with Gasteiger partial charge in [-0.2, -0.15) is 0 Å². The smallest absolute Gasteiger partial charge is 0.244 e. The van der Waals surface area contributed by atoms with Crippen molar-refractivity contribution in [1.29, 1.82) is 0 Å². The minimum atomic E-state index is -3.73. The number of hydrogen-bond acceptors (Lipinski definition) is 7. The molecule has 3 aromatic rings. The lowest BCUT2D eigenvalue weighted by atomic mass is 10.3. The number of carbonyl (C=O) groups is 1. The van der Waals surface area contributed by atoms with Crippen molar-refractivity contribution in [3.63, 3.8) is 0 Å². The molecule has 0 N–H and O–H groups in total. The van der Waals surface area contributed by atoms with Gasteiger partial charge in [0.15, 0.2) is 15.0 Å². The Labute approximate surface area is 186 Å². The van der Waals surface area contributed by atoms with Gasteiger partial charge in [-0.25, -0.2) is 13.4 Å². The molecule has 0 radical (unpaired) electrons. The van der Waals surface area contributed by atoms with Crippen LogP contribution in [-0.4, -0.2) is 69.4 Å². The fourth-order valence-corrected chi connectivity index (χ4v) is 5.76. The van der Waals surface area contributed by atoms with Gasteiger partial charge in [0, 0.05) is 26.2 Å². The number of amides is 1. The molecule has 1 fully saturated rings. The highest BCUT2D eigenvalue weighted by molar-refractivity contribution is 7.92. The van der Waals surface area contributed by atoms with E-state index in [0.29, 0.717) is 11.7 Å². The molecule has 31 heavy (non-hydrogen) atoms. The zero-order chi connectivity index (χ0) is 21.7. The summed E-state index contributed by atoms with van der Waals surface area (Å²) in [5.41, 5.74) is 0.805. The van der Waals surface area contributed by atoms with Gasteiger partial charge in [0.05, 0.1) is 28.3 Å². The molecule has 4 rings (SSSR count). The number of aromatic nitrogens is 1. The van der Waals surface area contributed by atoms with E-state index in [1.54, 1.807) is 18.2 Å².